The van der Waals surface area contributed by atoms with Crippen molar-refractivity contribution in [3.05, 3.63) is 35.4 Å². The molecular weight excluding hydrogens is 176 g/mol. The SMILES string of the molecule is Cc1[c]c([C@@H](C)OC[C@@H](C)O)ccc1. The predicted molar refractivity (Wildman–Crippen MR) is 56.1 cm³/mol. The average molecular weight is 193 g/mol. The standard InChI is InChI=1S/C12H17O2/c1-9-5-4-6-12(7-9)11(3)14-8-10(2)13/h4-6,10-11,13H,8H2,1-3H3/t10-,11-/m1/s1. The van der Waals surface area contributed by atoms with E-state index in [9.17, 15) is 0 Å². The van der Waals surface area contributed by atoms with Gasteiger partial charge >= 0.3 is 0 Å². The van der Waals surface area contributed by atoms with Crippen LogP contribution in [-0.4, -0.2) is 17.8 Å². The fraction of sp³-hybridized carbons (Fsp3) is 0.500. The van der Waals surface area contributed by atoms with Crippen molar-refractivity contribution in [3.63, 3.8) is 0 Å². The number of hydrogen-bond acceptors (Lipinski definition) is 2. The predicted octanol–water partition coefficient (Wildman–Crippen LogP) is 2.25. The lowest BCUT2D eigenvalue weighted by atomic mass is 10.1. The molecule has 0 spiro atoms. The highest BCUT2D eigenvalue weighted by Crippen LogP contribution is 2.16. The molecule has 0 aliphatic rings. The molecule has 0 aliphatic carbocycles. The molecule has 0 saturated heterocycles. The Kier molecular flexibility index (Phi) is 4.11. The van der Waals surface area contributed by atoms with E-state index < -0.39 is 6.10 Å². The number of aliphatic hydroxyl groups excluding tert-OH is 1. The molecule has 0 aromatic heterocycles. The molecule has 1 radical (unpaired) electrons. The van der Waals surface area contributed by atoms with Crippen molar-refractivity contribution in [1.29, 1.82) is 0 Å². The van der Waals surface area contributed by atoms with Crippen molar-refractivity contribution in [1.82, 2.24) is 0 Å². The van der Waals surface area contributed by atoms with E-state index in [2.05, 4.69) is 6.07 Å². The zero-order chi connectivity index (χ0) is 10.6. The van der Waals surface area contributed by atoms with Crippen molar-refractivity contribution in [2.45, 2.75) is 33.0 Å². The molecule has 0 heterocycles. The number of hydrogen-bond donors (Lipinski definition) is 1. The van der Waals surface area contributed by atoms with Crippen molar-refractivity contribution in [2.75, 3.05) is 6.61 Å². The van der Waals surface area contributed by atoms with Gasteiger partial charge in [0.2, 0.25) is 0 Å². The summed E-state index contributed by atoms with van der Waals surface area (Å²) in [6.07, 6.45) is -0.424. The summed E-state index contributed by atoms with van der Waals surface area (Å²) in [5.74, 6) is 0. The van der Waals surface area contributed by atoms with Crippen LogP contribution >= 0.6 is 0 Å². The number of benzene rings is 1. The Balaban J connectivity index is 2.56. The summed E-state index contributed by atoms with van der Waals surface area (Å²) in [5, 5.41) is 9.07. The minimum absolute atomic E-state index is 0.00972. The maximum atomic E-state index is 9.07. The Hall–Kier alpha value is -0.860. The van der Waals surface area contributed by atoms with E-state index in [4.69, 9.17) is 9.84 Å². The van der Waals surface area contributed by atoms with Gasteiger partial charge in [-0.15, -0.1) is 0 Å². The summed E-state index contributed by atoms with van der Waals surface area (Å²) >= 11 is 0. The minimum Gasteiger partial charge on any atom is -0.391 e. The molecule has 0 aliphatic heterocycles. The number of ether oxygens (including phenoxy) is 1. The third kappa shape index (κ3) is 3.48. The molecule has 1 N–H and O–H groups in total. The van der Waals surface area contributed by atoms with Crippen LogP contribution in [0.4, 0.5) is 0 Å². The lowest BCUT2D eigenvalue weighted by Crippen LogP contribution is -2.12. The second-order valence-electron chi connectivity index (χ2n) is 3.61. The van der Waals surface area contributed by atoms with Crippen LogP contribution in [-0.2, 0) is 4.74 Å². The van der Waals surface area contributed by atoms with Crippen molar-refractivity contribution in [3.8, 4) is 0 Å². The monoisotopic (exact) mass is 193 g/mol. The Morgan fingerprint density at radius 2 is 2.14 bits per heavy atom. The van der Waals surface area contributed by atoms with Crippen LogP contribution in [0.15, 0.2) is 18.2 Å². The maximum Gasteiger partial charge on any atom is 0.0804 e. The van der Waals surface area contributed by atoms with Crippen LogP contribution in [0, 0.1) is 13.0 Å². The van der Waals surface area contributed by atoms with E-state index in [1.54, 1.807) is 6.92 Å². The molecule has 14 heavy (non-hydrogen) atoms. The van der Waals surface area contributed by atoms with E-state index in [0.717, 1.165) is 11.1 Å². The fourth-order valence-corrected chi connectivity index (χ4v) is 1.22. The highest BCUT2D eigenvalue weighted by atomic mass is 16.5. The summed E-state index contributed by atoms with van der Waals surface area (Å²) in [6, 6.07) is 9.20. The van der Waals surface area contributed by atoms with E-state index in [0.29, 0.717) is 6.61 Å². The van der Waals surface area contributed by atoms with Crippen LogP contribution in [0.3, 0.4) is 0 Å². The lowest BCUT2D eigenvalue weighted by Gasteiger charge is -2.14. The van der Waals surface area contributed by atoms with Crippen molar-refractivity contribution >= 4 is 0 Å². The first-order valence-corrected chi connectivity index (χ1v) is 4.88. The van der Waals surface area contributed by atoms with Crippen molar-refractivity contribution < 1.29 is 9.84 Å². The molecule has 77 valence electrons. The first kappa shape index (κ1) is 11.2. The summed E-state index contributed by atoms with van der Waals surface area (Å²) in [7, 11) is 0. The van der Waals surface area contributed by atoms with E-state index in [1.165, 1.54) is 0 Å². The quantitative estimate of drug-likeness (QED) is 0.794. The molecule has 0 saturated carbocycles. The molecule has 2 nitrogen and oxygen atoms in total. The van der Waals surface area contributed by atoms with Gasteiger partial charge in [0.1, 0.15) is 0 Å². The summed E-state index contributed by atoms with van der Waals surface area (Å²) in [5.41, 5.74) is 2.14. The van der Waals surface area contributed by atoms with Gasteiger partial charge in [0.25, 0.3) is 0 Å². The van der Waals surface area contributed by atoms with E-state index in [-0.39, 0.29) is 6.10 Å². The van der Waals surface area contributed by atoms with Gasteiger partial charge in [-0.05, 0) is 38.0 Å². The van der Waals surface area contributed by atoms with Gasteiger partial charge in [0.15, 0.2) is 0 Å². The molecule has 1 aromatic carbocycles. The van der Waals surface area contributed by atoms with Gasteiger partial charge in [0.05, 0.1) is 18.8 Å². The average Bonchev–Trinajstić information content (AvgIpc) is 2.14. The molecule has 0 bridgehead atoms. The number of aliphatic hydroxyl groups is 1. The Bertz CT molecular complexity index is 281. The highest BCUT2D eigenvalue weighted by Gasteiger charge is 2.07. The van der Waals surface area contributed by atoms with Gasteiger partial charge in [-0.3, -0.25) is 0 Å². The second kappa shape index (κ2) is 5.13. The van der Waals surface area contributed by atoms with E-state index in [1.807, 2.05) is 32.0 Å². The van der Waals surface area contributed by atoms with Crippen molar-refractivity contribution in [2.24, 2.45) is 0 Å². The van der Waals surface area contributed by atoms with Gasteiger partial charge in [-0.1, -0.05) is 18.2 Å². The fourth-order valence-electron chi connectivity index (χ4n) is 1.22. The number of aryl methyl sites for hydroxylation is 1. The van der Waals surface area contributed by atoms with E-state index >= 15 is 0 Å². The molecular formula is C12H17O2. The molecule has 0 amide bonds. The highest BCUT2D eigenvalue weighted by molar-refractivity contribution is 5.22. The molecule has 0 unspecified atom stereocenters. The Morgan fingerprint density at radius 3 is 2.71 bits per heavy atom. The zero-order valence-corrected chi connectivity index (χ0v) is 8.95. The van der Waals surface area contributed by atoms with Gasteiger partial charge in [-0.25, -0.2) is 0 Å². The Labute approximate surface area is 85.5 Å². The molecule has 0 fully saturated rings. The maximum absolute atomic E-state index is 9.07. The minimum atomic E-state index is -0.415. The first-order chi connectivity index (χ1) is 6.59. The third-order valence-electron chi connectivity index (χ3n) is 1.99. The largest absolute Gasteiger partial charge is 0.391 e. The van der Waals surface area contributed by atoms with Gasteiger partial charge in [-0.2, -0.15) is 0 Å². The molecule has 2 heteroatoms. The molecule has 1 rings (SSSR count). The van der Waals surface area contributed by atoms with Gasteiger partial charge in [0, 0.05) is 0 Å². The van der Waals surface area contributed by atoms with Crippen LogP contribution in [0.2, 0.25) is 0 Å². The normalized spacial score (nSPS) is 15.1. The summed E-state index contributed by atoms with van der Waals surface area (Å²) in [4.78, 5) is 0. The van der Waals surface area contributed by atoms with Crippen LogP contribution in [0.25, 0.3) is 0 Å². The second-order valence-corrected chi connectivity index (χ2v) is 3.61. The van der Waals surface area contributed by atoms with Gasteiger partial charge < -0.3 is 9.84 Å². The summed E-state index contributed by atoms with van der Waals surface area (Å²) in [6.45, 7) is 6.05. The smallest absolute Gasteiger partial charge is 0.0804 e. The summed E-state index contributed by atoms with van der Waals surface area (Å²) < 4.78 is 5.46. The van der Waals surface area contributed by atoms with Crippen LogP contribution < -0.4 is 0 Å². The van der Waals surface area contributed by atoms with Crippen LogP contribution in [0.1, 0.15) is 31.1 Å². The van der Waals surface area contributed by atoms with Crippen LogP contribution in [0.5, 0.6) is 0 Å². The molecule has 1 aromatic rings. The number of rotatable bonds is 4. The lowest BCUT2D eigenvalue weighted by molar-refractivity contribution is 0.00437. The topological polar surface area (TPSA) is 29.5 Å². The third-order valence-corrected chi connectivity index (χ3v) is 1.99. The zero-order valence-electron chi connectivity index (χ0n) is 8.95. The molecule has 2 atom stereocenters. The first-order valence-electron chi connectivity index (χ1n) is 4.88. The Morgan fingerprint density at radius 1 is 1.43 bits per heavy atom.